The molecule has 0 bridgehead atoms. The van der Waals surface area contributed by atoms with Gasteiger partial charge in [0.2, 0.25) is 0 Å². The summed E-state index contributed by atoms with van der Waals surface area (Å²) in [6, 6.07) is 9.67. The van der Waals surface area contributed by atoms with E-state index in [-0.39, 0.29) is 6.03 Å². The second-order valence-corrected chi connectivity index (χ2v) is 4.88. The Kier molecular flexibility index (Phi) is 3.68. The van der Waals surface area contributed by atoms with Gasteiger partial charge in [-0.1, -0.05) is 6.07 Å². The molecule has 0 unspecified atom stereocenters. The maximum absolute atomic E-state index is 11.7. The number of carbonyl (C=O) groups is 1. The Morgan fingerprint density at radius 1 is 1.38 bits per heavy atom. The van der Waals surface area contributed by atoms with E-state index >= 15 is 0 Å². The quantitative estimate of drug-likeness (QED) is 0.899. The van der Waals surface area contributed by atoms with Gasteiger partial charge in [0.25, 0.3) is 0 Å². The van der Waals surface area contributed by atoms with Gasteiger partial charge >= 0.3 is 6.03 Å². The number of hydrogen-bond acceptors (Lipinski definition) is 4. The van der Waals surface area contributed by atoms with Crippen molar-refractivity contribution in [1.29, 1.82) is 0 Å². The Balaban J connectivity index is 1.70. The summed E-state index contributed by atoms with van der Waals surface area (Å²) in [6.45, 7) is 3.89. The summed E-state index contributed by atoms with van der Waals surface area (Å²) in [4.78, 5) is 21.8. The zero-order valence-corrected chi connectivity index (χ0v) is 11.8. The van der Waals surface area contributed by atoms with E-state index in [1.165, 1.54) is 0 Å². The minimum absolute atomic E-state index is 0.0430. The second-order valence-electron chi connectivity index (χ2n) is 4.88. The molecule has 0 aliphatic carbocycles. The standard InChI is InChI=1S/C15H17N5O/c1-11-16-6-5-13(19-11)10-18-12-3-2-4-14(9-12)20-8-7-17-15(20)21/h2-6,9,18H,7-8,10H2,1H3,(H,17,21). The molecule has 3 rings (SSSR count). The Hall–Kier alpha value is -2.63. The molecule has 1 aliphatic rings. The molecule has 2 aromatic rings. The van der Waals surface area contributed by atoms with Crippen LogP contribution in [0.4, 0.5) is 16.2 Å². The number of aromatic nitrogens is 2. The van der Waals surface area contributed by atoms with Gasteiger partial charge in [0.05, 0.1) is 12.2 Å². The van der Waals surface area contributed by atoms with E-state index in [1.54, 1.807) is 11.1 Å². The highest BCUT2D eigenvalue weighted by atomic mass is 16.2. The predicted molar refractivity (Wildman–Crippen MR) is 81.3 cm³/mol. The van der Waals surface area contributed by atoms with Crippen molar-refractivity contribution in [3.63, 3.8) is 0 Å². The molecule has 1 aliphatic heterocycles. The molecule has 0 saturated carbocycles. The van der Waals surface area contributed by atoms with Gasteiger partial charge in [-0.05, 0) is 31.2 Å². The lowest BCUT2D eigenvalue weighted by Crippen LogP contribution is -2.27. The topological polar surface area (TPSA) is 70.2 Å². The lowest BCUT2D eigenvalue weighted by Gasteiger charge is -2.15. The molecule has 2 amide bonds. The highest BCUT2D eigenvalue weighted by molar-refractivity contribution is 5.94. The van der Waals surface area contributed by atoms with Gasteiger partial charge in [0, 0.05) is 30.7 Å². The molecule has 2 N–H and O–H groups in total. The van der Waals surface area contributed by atoms with Crippen molar-refractivity contribution >= 4 is 17.4 Å². The minimum Gasteiger partial charge on any atom is -0.379 e. The molecule has 2 heterocycles. The lowest BCUT2D eigenvalue weighted by molar-refractivity contribution is 0.252. The first-order chi connectivity index (χ1) is 10.2. The van der Waals surface area contributed by atoms with Crippen molar-refractivity contribution in [2.24, 2.45) is 0 Å². The fraction of sp³-hybridized carbons (Fsp3) is 0.267. The van der Waals surface area contributed by atoms with Crippen LogP contribution in [0.3, 0.4) is 0 Å². The van der Waals surface area contributed by atoms with E-state index in [9.17, 15) is 4.79 Å². The van der Waals surface area contributed by atoms with E-state index in [0.717, 1.165) is 22.9 Å². The molecule has 1 aromatic heterocycles. The maximum atomic E-state index is 11.7. The van der Waals surface area contributed by atoms with Crippen LogP contribution in [0.15, 0.2) is 36.5 Å². The van der Waals surface area contributed by atoms with E-state index in [1.807, 2.05) is 37.3 Å². The summed E-state index contributed by atoms with van der Waals surface area (Å²) in [7, 11) is 0. The zero-order valence-electron chi connectivity index (χ0n) is 11.8. The monoisotopic (exact) mass is 283 g/mol. The van der Waals surface area contributed by atoms with Crippen LogP contribution in [0.1, 0.15) is 11.5 Å². The van der Waals surface area contributed by atoms with Gasteiger partial charge in [-0.2, -0.15) is 0 Å². The van der Waals surface area contributed by atoms with E-state index < -0.39 is 0 Å². The number of urea groups is 1. The molecule has 1 fully saturated rings. The third-order valence-electron chi connectivity index (χ3n) is 3.32. The summed E-state index contributed by atoms with van der Waals surface area (Å²) in [5, 5.41) is 6.12. The van der Waals surface area contributed by atoms with Crippen LogP contribution in [0.5, 0.6) is 0 Å². The second kappa shape index (κ2) is 5.78. The molecular formula is C15H17N5O. The average molecular weight is 283 g/mol. The van der Waals surface area contributed by atoms with Crippen molar-refractivity contribution < 1.29 is 4.79 Å². The van der Waals surface area contributed by atoms with Crippen molar-refractivity contribution in [2.75, 3.05) is 23.3 Å². The van der Waals surface area contributed by atoms with Crippen LogP contribution in [-0.4, -0.2) is 29.1 Å². The Morgan fingerprint density at radius 3 is 3.05 bits per heavy atom. The minimum atomic E-state index is -0.0430. The van der Waals surface area contributed by atoms with Crippen LogP contribution < -0.4 is 15.5 Å². The van der Waals surface area contributed by atoms with Gasteiger partial charge in [-0.25, -0.2) is 14.8 Å². The van der Waals surface area contributed by atoms with Gasteiger partial charge in [0.15, 0.2) is 0 Å². The van der Waals surface area contributed by atoms with Gasteiger partial charge in [-0.3, -0.25) is 4.90 Å². The summed E-state index contributed by atoms with van der Waals surface area (Å²) in [6.07, 6.45) is 1.75. The highest BCUT2D eigenvalue weighted by Gasteiger charge is 2.20. The molecule has 6 nitrogen and oxygen atoms in total. The van der Waals surface area contributed by atoms with Gasteiger partial charge in [0.1, 0.15) is 5.82 Å². The fourth-order valence-corrected chi connectivity index (χ4v) is 2.30. The van der Waals surface area contributed by atoms with Gasteiger partial charge < -0.3 is 10.6 Å². The van der Waals surface area contributed by atoms with Crippen LogP contribution in [0.2, 0.25) is 0 Å². The molecule has 1 aromatic carbocycles. The predicted octanol–water partition coefficient (Wildman–Crippen LogP) is 1.93. The number of nitrogens with zero attached hydrogens (tertiary/aromatic N) is 3. The summed E-state index contributed by atoms with van der Waals surface area (Å²) < 4.78 is 0. The van der Waals surface area contributed by atoms with Crippen LogP contribution >= 0.6 is 0 Å². The van der Waals surface area contributed by atoms with Crippen molar-refractivity contribution in [2.45, 2.75) is 13.5 Å². The van der Waals surface area contributed by atoms with Crippen molar-refractivity contribution in [3.8, 4) is 0 Å². The molecule has 1 saturated heterocycles. The molecule has 0 spiro atoms. The molecule has 108 valence electrons. The van der Waals surface area contributed by atoms with Gasteiger partial charge in [-0.15, -0.1) is 0 Å². The van der Waals surface area contributed by atoms with E-state index in [0.29, 0.717) is 19.6 Å². The van der Waals surface area contributed by atoms with Crippen LogP contribution in [0, 0.1) is 6.92 Å². The first kappa shape index (κ1) is 13.4. The Morgan fingerprint density at radius 2 is 2.29 bits per heavy atom. The SMILES string of the molecule is Cc1nccc(CNc2cccc(N3CCNC3=O)c2)n1. The number of anilines is 2. The third-order valence-corrected chi connectivity index (χ3v) is 3.32. The third kappa shape index (κ3) is 3.10. The number of rotatable bonds is 4. The average Bonchev–Trinajstić information content (AvgIpc) is 2.92. The highest BCUT2D eigenvalue weighted by Crippen LogP contribution is 2.21. The normalized spacial score (nSPS) is 14.1. The summed E-state index contributed by atoms with van der Waals surface area (Å²) >= 11 is 0. The Bertz CT molecular complexity index is 658. The Labute approximate surface area is 123 Å². The summed E-state index contributed by atoms with van der Waals surface area (Å²) in [5.74, 6) is 0.761. The zero-order chi connectivity index (χ0) is 14.7. The largest absolute Gasteiger partial charge is 0.379 e. The van der Waals surface area contributed by atoms with Crippen LogP contribution in [0.25, 0.3) is 0 Å². The van der Waals surface area contributed by atoms with Crippen molar-refractivity contribution in [3.05, 3.63) is 48.0 Å². The number of hydrogen-bond donors (Lipinski definition) is 2. The number of carbonyl (C=O) groups excluding carboxylic acids is 1. The number of aryl methyl sites for hydroxylation is 1. The number of benzene rings is 1. The molecule has 6 heteroatoms. The summed E-state index contributed by atoms with van der Waals surface area (Å²) in [5.41, 5.74) is 2.80. The molecule has 0 atom stereocenters. The molecular weight excluding hydrogens is 266 g/mol. The fourth-order valence-electron chi connectivity index (χ4n) is 2.30. The smallest absolute Gasteiger partial charge is 0.321 e. The number of nitrogens with one attached hydrogen (secondary N) is 2. The lowest BCUT2D eigenvalue weighted by atomic mass is 10.2. The first-order valence-corrected chi connectivity index (χ1v) is 6.90. The van der Waals surface area contributed by atoms with E-state index in [4.69, 9.17) is 0 Å². The molecule has 21 heavy (non-hydrogen) atoms. The molecule has 0 radical (unpaired) electrons. The number of amides is 2. The van der Waals surface area contributed by atoms with Crippen molar-refractivity contribution in [1.82, 2.24) is 15.3 Å². The first-order valence-electron chi connectivity index (χ1n) is 6.90. The van der Waals surface area contributed by atoms with E-state index in [2.05, 4.69) is 20.6 Å². The maximum Gasteiger partial charge on any atom is 0.321 e. The van der Waals surface area contributed by atoms with Crippen LogP contribution in [-0.2, 0) is 6.54 Å².